The molecule has 17 heavy (non-hydrogen) atoms. The Morgan fingerprint density at radius 3 is 2.59 bits per heavy atom. The molecule has 92 valence electrons. The summed E-state index contributed by atoms with van der Waals surface area (Å²) in [6.07, 6.45) is -0.161. The van der Waals surface area contributed by atoms with Crippen LogP contribution in [-0.2, 0) is 9.53 Å². The van der Waals surface area contributed by atoms with E-state index >= 15 is 0 Å². The third-order valence-electron chi connectivity index (χ3n) is 2.95. The molecule has 1 aromatic rings. The fraction of sp³-hybridized carbons (Fsp3) is 0.462. The van der Waals surface area contributed by atoms with Gasteiger partial charge in [0, 0.05) is 13.5 Å². The van der Waals surface area contributed by atoms with Crippen LogP contribution in [0.4, 0.5) is 4.39 Å². The van der Waals surface area contributed by atoms with Crippen molar-refractivity contribution >= 4 is 5.91 Å². The quantitative estimate of drug-likeness (QED) is 0.749. The first-order valence-electron chi connectivity index (χ1n) is 5.72. The van der Waals surface area contributed by atoms with E-state index in [0.717, 1.165) is 5.56 Å². The molecule has 1 aliphatic rings. The number of rotatable bonds is 1. The number of hydrogen-bond acceptors (Lipinski definition) is 2. The van der Waals surface area contributed by atoms with Crippen molar-refractivity contribution in [1.82, 2.24) is 4.90 Å². The molecule has 1 aliphatic heterocycles. The topological polar surface area (TPSA) is 29.5 Å². The maximum absolute atomic E-state index is 12.8. The molecule has 1 saturated heterocycles. The Bertz CT molecular complexity index is 404. The van der Waals surface area contributed by atoms with E-state index in [1.165, 1.54) is 12.1 Å². The number of carbonyl (C=O) groups is 1. The van der Waals surface area contributed by atoms with Gasteiger partial charge < -0.3 is 9.64 Å². The molecule has 4 heteroatoms. The highest BCUT2D eigenvalue weighted by Crippen LogP contribution is 2.25. The van der Waals surface area contributed by atoms with Gasteiger partial charge in [0.05, 0.1) is 12.6 Å². The molecule has 1 fully saturated rings. The third-order valence-corrected chi connectivity index (χ3v) is 2.95. The molecular formula is C13H16FNO2. The van der Waals surface area contributed by atoms with Crippen molar-refractivity contribution in [2.24, 2.45) is 0 Å². The number of nitrogens with zero attached hydrogens (tertiary/aromatic N) is 1. The van der Waals surface area contributed by atoms with Crippen molar-refractivity contribution in [1.29, 1.82) is 0 Å². The zero-order valence-electron chi connectivity index (χ0n) is 10.0. The van der Waals surface area contributed by atoms with E-state index in [4.69, 9.17) is 4.74 Å². The van der Waals surface area contributed by atoms with Crippen LogP contribution < -0.4 is 0 Å². The van der Waals surface area contributed by atoms with Crippen molar-refractivity contribution < 1.29 is 13.9 Å². The molecule has 0 radical (unpaired) electrons. The van der Waals surface area contributed by atoms with Crippen molar-refractivity contribution in [3.63, 3.8) is 0 Å². The molecule has 0 bridgehead atoms. The van der Waals surface area contributed by atoms with E-state index in [1.54, 1.807) is 24.0 Å². The first-order chi connectivity index (χ1) is 8.06. The van der Waals surface area contributed by atoms with Gasteiger partial charge >= 0.3 is 0 Å². The molecule has 0 N–H and O–H groups in total. The van der Waals surface area contributed by atoms with Crippen LogP contribution in [0.3, 0.4) is 0 Å². The van der Waals surface area contributed by atoms with Crippen molar-refractivity contribution in [2.75, 3.05) is 13.1 Å². The summed E-state index contributed by atoms with van der Waals surface area (Å²) in [4.78, 5) is 13.2. The summed E-state index contributed by atoms with van der Waals surface area (Å²) in [6, 6.07) is 6.23. The van der Waals surface area contributed by atoms with E-state index in [9.17, 15) is 9.18 Å². The van der Waals surface area contributed by atoms with Gasteiger partial charge in [-0.05, 0) is 24.6 Å². The lowest BCUT2D eigenvalue weighted by Gasteiger charge is -2.36. The van der Waals surface area contributed by atoms with Crippen molar-refractivity contribution in [3.05, 3.63) is 35.6 Å². The Balaban J connectivity index is 2.15. The van der Waals surface area contributed by atoms with E-state index in [-0.39, 0.29) is 23.9 Å². The SMILES string of the molecule is CC(=O)N1CC(C)OC(c2ccc(F)cc2)C1. The second kappa shape index (κ2) is 4.84. The lowest BCUT2D eigenvalue weighted by molar-refractivity contribution is -0.142. The largest absolute Gasteiger partial charge is 0.367 e. The minimum Gasteiger partial charge on any atom is -0.367 e. The van der Waals surface area contributed by atoms with Crippen molar-refractivity contribution in [2.45, 2.75) is 26.1 Å². The number of amides is 1. The summed E-state index contributed by atoms with van der Waals surface area (Å²) in [7, 11) is 0. The molecule has 0 saturated carbocycles. The van der Waals surface area contributed by atoms with E-state index < -0.39 is 0 Å². The monoisotopic (exact) mass is 237 g/mol. The second-order valence-electron chi connectivity index (χ2n) is 4.41. The van der Waals surface area contributed by atoms with Gasteiger partial charge in [-0.1, -0.05) is 12.1 Å². The molecule has 0 aliphatic carbocycles. The maximum atomic E-state index is 12.8. The molecule has 0 aromatic heterocycles. The standard InChI is InChI=1S/C13H16FNO2/c1-9-7-15(10(2)16)8-13(17-9)11-3-5-12(14)6-4-11/h3-6,9,13H,7-8H2,1-2H3. The average Bonchev–Trinajstić information content (AvgIpc) is 2.29. The normalized spacial score (nSPS) is 24.8. The number of morpholine rings is 1. The predicted octanol–water partition coefficient (Wildman–Crippen LogP) is 2.13. The number of halogens is 1. The maximum Gasteiger partial charge on any atom is 0.219 e. The van der Waals surface area contributed by atoms with Crippen LogP contribution in [0.5, 0.6) is 0 Å². The highest BCUT2D eigenvalue weighted by molar-refractivity contribution is 5.73. The molecule has 1 amide bonds. The van der Waals surface area contributed by atoms with Crippen LogP contribution in [-0.4, -0.2) is 30.0 Å². The van der Waals surface area contributed by atoms with Gasteiger partial charge in [-0.3, -0.25) is 4.79 Å². The second-order valence-corrected chi connectivity index (χ2v) is 4.41. The van der Waals surface area contributed by atoms with Gasteiger partial charge in [0.25, 0.3) is 0 Å². The Kier molecular flexibility index (Phi) is 3.43. The smallest absolute Gasteiger partial charge is 0.219 e. The van der Waals surface area contributed by atoms with Crippen LogP contribution >= 0.6 is 0 Å². The first-order valence-corrected chi connectivity index (χ1v) is 5.72. The van der Waals surface area contributed by atoms with Crippen LogP contribution in [0, 0.1) is 5.82 Å². The van der Waals surface area contributed by atoms with E-state index in [1.807, 2.05) is 6.92 Å². The number of ether oxygens (including phenoxy) is 1. The van der Waals surface area contributed by atoms with Gasteiger partial charge in [-0.25, -0.2) is 4.39 Å². The summed E-state index contributed by atoms with van der Waals surface area (Å²) < 4.78 is 18.6. The zero-order chi connectivity index (χ0) is 12.4. The molecule has 3 nitrogen and oxygen atoms in total. The molecule has 2 atom stereocenters. The molecule has 2 unspecified atom stereocenters. The highest BCUT2D eigenvalue weighted by Gasteiger charge is 2.27. The molecule has 2 rings (SSSR count). The third kappa shape index (κ3) is 2.82. The Hall–Kier alpha value is -1.42. The fourth-order valence-electron chi connectivity index (χ4n) is 2.07. The van der Waals surface area contributed by atoms with Gasteiger partial charge in [0.2, 0.25) is 5.91 Å². The van der Waals surface area contributed by atoms with Gasteiger partial charge in [-0.15, -0.1) is 0 Å². The zero-order valence-corrected chi connectivity index (χ0v) is 10.0. The minimum absolute atomic E-state index is 0.00250. The summed E-state index contributed by atoms with van der Waals surface area (Å²) in [5.41, 5.74) is 0.907. The Labute approximate surface area is 100 Å². The Morgan fingerprint density at radius 1 is 1.35 bits per heavy atom. The number of hydrogen-bond donors (Lipinski definition) is 0. The average molecular weight is 237 g/mol. The molecule has 1 aromatic carbocycles. The number of carbonyl (C=O) groups excluding carboxylic acids is 1. The Morgan fingerprint density at radius 2 is 2.00 bits per heavy atom. The van der Waals surface area contributed by atoms with Gasteiger partial charge in [-0.2, -0.15) is 0 Å². The summed E-state index contributed by atoms with van der Waals surface area (Å²) in [5, 5.41) is 0. The molecular weight excluding hydrogens is 221 g/mol. The van der Waals surface area contributed by atoms with Crippen LogP contribution in [0.25, 0.3) is 0 Å². The lowest BCUT2D eigenvalue weighted by Crippen LogP contribution is -2.45. The number of benzene rings is 1. The van der Waals surface area contributed by atoms with Crippen molar-refractivity contribution in [3.8, 4) is 0 Å². The van der Waals surface area contributed by atoms with Gasteiger partial charge in [0.1, 0.15) is 11.9 Å². The van der Waals surface area contributed by atoms with Crippen LogP contribution in [0.15, 0.2) is 24.3 Å². The summed E-state index contributed by atoms with van der Waals surface area (Å²) in [6.45, 7) is 4.64. The lowest BCUT2D eigenvalue weighted by atomic mass is 10.1. The molecule has 0 spiro atoms. The van der Waals surface area contributed by atoms with Gasteiger partial charge in [0.15, 0.2) is 0 Å². The fourth-order valence-corrected chi connectivity index (χ4v) is 2.07. The first kappa shape index (κ1) is 12.0. The highest BCUT2D eigenvalue weighted by atomic mass is 19.1. The minimum atomic E-state index is -0.263. The van der Waals surface area contributed by atoms with E-state index in [0.29, 0.717) is 13.1 Å². The summed E-state index contributed by atoms with van der Waals surface area (Å²) in [5.74, 6) is -0.215. The van der Waals surface area contributed by atoms with E-state index in [2.05, 4.69) is 0 Å². The molecule has 1 heterocycles. The van der Waals surface area contributed by atoms with Crippen LogP contribution in [0.1, 0.15) is 25.5 Å². The summed E-state index contributed by atoms with van der Waals surface area (Å²) >= 11 is 0. The predicted molar refractivity (Wildman–Crippen MR) is 61.9 cm³/mol. The van der Waals surface area contributed by atoms with Crippen LogP contribution in [0.2, 0.25) is 0 Å².